The Labute approximate surface area is 134 Å². The number of aliphatic hydroxyl groups excluding tert-OH is 1. The van der Waals surface area contributed by atoms with Crippen LogP contribution in [-0.2, 0) is 6.54 Å². The monoisotopic (exact) mass is 308 g/mol. The van der Waals surface area contributed by atoms with Crippen molar-refractivity contribution in [3.05, 3.63) is 35.4 Å². The molecule has 0 heterocycles. The Bertz CT molecular complexity index is 479. The normalized spacial score (nSPS) is 12.7. The van der Waals surface area contributed by atoms with E-state index in [1.54, 1.807) is 26.0 Å². The third kappa shape index (κ3) is 3.94. The quantitative estimate of drug-likeness (QED) is 0.441. The molecule has 0 amide bonds. The molecular formula is C18H30NO3+. The SMILES string of the molecule is CC[N+](CC)(CC)Cc1ccc(C(=O)C(C)(C)C(O)O)cc1. The fourth-order valence-corrected chi connectivity index (χ4v) is 2.64. The van der Waals surface area contributed by atoms with E-state index in [2.05, 4.69) is 20.8 Å². The third-order valence-corrected chi connectivity index (χ3v) is 4.98. The Hall–Kier alpha value is -1.23. The second kappa shape index (κ2) is 7.36. The zero-order valence-electron chi connectivity index (χ0n) is 14.5. The molecule has 0 aliphatic heterocycles. The predicted octanol–water partition coefficient (Wildman–Crippen LogP) is 2.58. The summed E-state index contributed by atoms with van der Waals surface area (Å²) in [7, 11) is 0. The maximum Gasteiger partial charge on any atom is 0.173 e. The molecule has 0 spiro atoms. The lowest BCUT2D eigenvalue weighted by Gasteiger charge is -2.36. The summed E-state index contributed by atoms with van der Waals surface area (Å²) in [6.07, 6.45) is -1.66. The van der Waals surface area contributed by atoms with Gasteiger partial charge in [0.15, 0.2) is 12.1 Å². The summed E-state index contributed by atoms with van der Waals surface area (Å²) >= 11 is 0. The standard InChI is InChI=1S/C18H30NO3/c1-6-19(7-2,8-3)13-14-9-11-15(12-10-14)16(20)18(4,5)17(21)22/h9-12,17,21-22H,6-8,13H2,1-5H3/q+1. The largest absolute Gasteiger partial charge is 0.367 e. The number of quaternary nitrogens is 1. The van der Waals surface area contributed by atoms with Gasteiger partial charge in [-0.25, -0.2) is 0 Å². The number of nitrogens with zero attached hydrogens (tertiary/aromatic N) is 1. The van der Waals surface area contributed by atoms with Crippen molar-refractivity contribution in [2.45, 2.75) is 47.5 Å². The zero-order chi connectivity index (χ0) is 17.0. The Morgan fingerprint density at radius 3 is 1.86 bits per heavy atom. The summed E-state index contributed by atoms with van der Waals surface area (Å²) in [5.74, 6) is -0.253. The Kier molecular flexibility index (Phi) is 6.29. The highest BCUT2D eigenvalue weighted by atomic mass is 16.5. The number of aliphatic hydroxyl groups is 2. The average Bonchev–Trinajstić information content (AvgIpc) is 2.52. The first-order valence-corrected chi connectivity index (χ1v) is 8.07. The summed E-state index contributed by atoms with van der Waals surface area (Å²) < 4.78 is 1.02. The average molecular weight is 308 g/mol. The first kappa shape index (κ1) is 18.8. The lowest BCUT2D eigenvalue weighted by atomic mass is 9.83. The summed E-state index contributed by atoms with van der Waals surface area (Å²) in [5, 5.41) is 18.7. The van der Waals surface area contributed by atoms with Gasteiger partial charge in [-0.05, 0) is 34.6 Å². The fraction of sp³-hybridized carbons (Fsp3) is 0.611. The Balaban J connectivity index is 2.94. The van der Waals surface area contributed by atoms with Gasteiger partial charge in [-0.1, -0.05) is 24.3 Å². The van der Waals surface area contributed by atoms with Crippen molar-refractivity contribution in [3.8, 4) is 0 Å². The minimum atomic E-state index is -1.66. The van der Waals surface area contributed by atoms with Crippen LogP contribution >= 0.6 is 0 Å². The van der Waals surface area contributed by atoms with Gasteiger partial charge in [0.25, 0.3) is 0 Å². The van der Waals surface area contributed by atoms with Gasteiger partial charge in [-0.15, -0.1) is 0 Å². The fourth-order valence-electron chi connectivity index (χ4n) is 2.64. The summed E-state index contributed by atoms with van der Waals surface area (Å²) in [4.78, 5) is 12.3. The molecule has 0 aliphatic carbocycles. The van der Waals surface area contributed by atoms with E-state index in [1.807, 2.05) is 12.1 Å². The molecule has 0 atom stereocenters. The molecule has 0 aromatic heterocycles. The molecule has 124 valence electrons. The number of hydrogen-bond acceptors (Lipinski definition) is 3. The number of benzene rings is 1. The van der Waals surface area contributed by atoms with Gasteiger partial charge in [0, 0.05) is 11.1 Å². The van der Waals surface area contributed by atoms with Crippen LogP contribution in [0.1, 0.15) is 50.5 Å². The maximum absolute atomic E-state index is 12.3. The molecule has 2 N–H and O–H groups in total. The minimum Gasteiger partial charge on any atom is -0.367 e. The molecule has 0 radical (unpaired) electrons. The highest BCUT2D eigenvalue weighted by Gasteiger charge is 2.35. The summed E-state index contributed by atoms with van der Waals surface area (Å²) in [5.41, 5.74) is 0.520. The van der Waals surface area contributed by atoms with Gasteiger partial charge in [0.2, 0.25) is 0 Å². The highest BCUT2D eigenvalue weighted by Crippen LogP contribution is 2.25. The van der Waals surface area contributed by atoms with Crippen molar-refractivity contribution < 1.29 is 19.5 Å². The van der Waals surface area contributed by atoms with E-state index in [0.717, 1.165) is 30.7 Å². The molecule has 0 aliphatic rings. The molecule has 22 heavy (non-hydrogen) atoms. The van der Waals surface area contributed by atoms with E-state index >= 15 is 0 Å². The van der Waals surface area contributed by atoms with Crippen LogP contribution in [0.4, 0.5) is 0 Å². The second-order valence-corrected chi connectivity index (χ2v) is 6.57. The van der Waals surface area contributed by atoms with Crippen LogP contribution in [0.3, 0.4) is 0 Å². The maximum atomic E-state index is 12.3. The first-order valence-electron chi connectivity index (χ1n) is 8.07. The van der Waals surface area contributed by atoms with Crippen LogP contribution in [0.5, 0.6) is 0 Å². The van der Waals surface area contributed by atoms with E-state index in [4.69, 9.17) is 0 Å². The van der Waals surface area contributed by atoms with Gasteiger partial charge in [-0.3, -0.25) is 4.79 Å². The number of rotatable bonds is 8. The lowest BCUT2D eigenvalue weighted by molar-refractivity contribution is -0.936. The van der Waals surface area contributed by atoms with Crippen molar-refractivity contribution in [2.24, 2.45) is 5.41 Å². The third-order valence-electron chi connectivity index (χ3n) is 4.98. The first-order chi connectivity index (χ1) is 10.2. The molecule has 1 aromatic carbocycles. The van der Waals surface area contributed by atoms with Gasteiger partial charge in [-0.2, -0.15) is 0 Å². The zero-order valence-corrected chi connectivity index (χ0v) is 14.5. The van der Waals surface area contributed by atoms with Gasteiger partial charge >= 0.3 is 0 Å². The molecule has 4 heteroatoms. The van der Waals surface area contributed by atoms with Crippen LogP contribution in [0.25, 0.3) is 0 Å². The smallest absolute Gasteiger partial charge is 0.173 e. The predicted molar refractivity (Wildman–Crippen MR) is 88.4 cm³/mol. The molecule has 0 saturated heterocycles. The van der Waals surface area contributed by atoms with Gasteiger partial charge in [0.1, 0.15) is 6.54 Å². The van der Waals surface area contributed by atoms with Crippen LogP contribution < -0.4 is 0 Å². The summed E-state index contributed by atoms with van der Waals surface area (Å²) in [6.45, 7) is 13.9. The van der Waals surface area contributed by atoms with Crippen molar-refractivity contribution in [1.29, 1.82) is 0 Å². The molecule has 1 aromatic rings. The van der Waals surface area contributed by atoms with Crippen LogP contribution in [0, 0.1) is 5.41 Å². The minimum absolute atomic E-state index is 0.253. The van der Waals surface area contributed by atoms with Crippen molar-refractivity contribution in [2.75, 3.05) is 19.6 Å². The van der Waals surface area contributed by atoms with E-state index < -0.39 is 11.7 Å². The topological polar surface area (TPSA) is 57.5 Å². The molecule has 0 saturated carbocycles. The molecule has 0 bridgehead atoms. The van der Waals surface area contributed by atoms with Crippen molar-refractivity contribution >= 4 is 5.78 Å². The second-order valence-electron chi connectivity index (χ2n) is 6.57. The number of carbonyl (C=O) groups excluding carboxylic acids is 1. The number of hydrogen-bond donors (Lipinski definition) is 2. The number of carbonyl (C=O) groups is 1. The molecule has 1 rings (SSSR count). The molecule has 0 fully saturated rings. The van der Waals surface area contributed by atoms with E-state index in [9.17, 15) is 15.0 Å². The Morgan fingerprint density at radius 2 is 1.50 bits per heavy atom. The van der Waals surface area contributed by atoms with E-state index in [1.165, 1.54) is 5.56 Å². The molecule has 4 nitrogen and oxygen atoms in total. The number of Topliss-reactive ketones (excluding diaryl/α,β-unsaturated/α-hetero) is 1. The van der Waals surface area contributed by atoms with Crippen LogP contribution in [0.2, 0.25) is 0 Å². The summed E-state index contributed by atoms with van der Waals surface area (Å²) in [6, 6.07) is 7.52. The van der Waals surface area contributed by atoms with Crippen molar-refractivity contribution in [1.82, 2.24) is 0 Å². The molecule has 0 unspecified atom stereocenters. The highest BCUT2D eigenvalue weighted by molar-refractivity contribution is 6.00. The van der Waals surface area contributed by atoms with Crippen LogP contribution in [-0.4, -0.2) is 46.4 Å². The van der Waals surface area contributed by atoms with Gasteiger partial charge in [0.05, 0.1) is 25.0 Å². The van der Waals surface area contributed by atoms with Crippen molar-refractivity contribution in [3.63, 3.8) is 0 Å². The number of ketones is 1. The Morgan fingerprint density at radius 1 is 1.05 bits per heavy atom. The lowest BCUT2D eigenvalue weighted by Crippen LogP contribution is -2.46. The van der Waals surface area contributed by atoms with Gasteiger partial charge < -0.3 is 14.7 Å². The van der Waals surface area contributed by atoms with E-state index in [-0.39, 0.29) is 5.78 Å². The van der Waals surface area contributed by atoms with Crippen LogP contribution in [0.15, 0.2) is 24.3 Å². The molecular weight excluding hydrogens is 278 g/mol. The van der Waals surface area contributed by atoms with E-state index in [0.29, 0.717) is 5.56 Å².